The predicted molar refractivity (Wildman–Crippen MR) is 145 cm³/mol. The molecule has 0 aliphatic carbocycles. The molecule has 0 unspecified atom stereocenters. The van der Waals surface area contributed by atoms with Crippen molar-refractivity contribution in [1.29, 1.82) is 0 Å². The van der Waals surface area contributed by atoms with Gasteiger partial charge in [0.2, 0.25) is 5.88 Å². The average Bonchev–Trinajstić information content (AvgIpc) is 3.17. The molecule has 178 valence electrons. The van der Waals surface area contributed by atoms with E-state index in [0.29, 0.717) is 17.1 Å². The van der Waals surface area contributed by atoms with Gasteiger partial charge in [-0.1, -0.05) is 45.0 Å². The molecule has 0 aliphatic rings. The molecule has 3 heterocycles. The Morgan fingerprint density at radius 1 is 0.778 bits per heavy atom. The fraction of sp³-hybridized carbons (Fsp3) is 0.161. The number of pyridine rings is 2. The monoisotopic (exact) mass is 473 g/mol. The summed E-state index contributed by atoms with van der Waals surface area (Å²) in [6.45, 7) is 8.70. The molecule has 5 nitrogen and oxygen atoms in total. The third-order valence-corrected chi connectivity index (χ3v) is 6.60. The number of aryl methyl sites for hydroxylation is 1. The lowest BCUT2D eigenvalue weighted by atomic mass is 9.86. The Morgan fingerprint density at radius 2 is 1.61 bits per heavy atom. The molecule has 6 aromatic rings. The molecular weight excluding hydrogens is 446 g/mol. The molecule has 6 rings (SSSR count). The van der Waals surface area contributed by atoms with Crippen molar-refractivity contribution < 1.29 is 9.84 Å². The lowest BCUT2D eigenvalue weighted by Gasteiger charge is -2.19. The van der Waals surface area contributed by atoms with Crippen LogP contribution < -0.4 is 4.74 Å². The summed E-state index contributed by atoms with van der Waals surface area (Å²) >= 11 is 0. The van der Waals surface area contributed by atoms with E-state index in [2.05, 4.69) is 54.6 Å². The molecule has 0 atom stereocenters. The van der Waals surface area contributed by atoms with Crippen molar-refractivity contribution in [2.24, 2.45) is 0 Å². The number of phenols is 1. The van der Waals surface area contributed by atoms with E-state index in [1.54, 1.807) is 12.1 Å². The van der Waals surface area contributed by atoms with Crippen LogP contribution in [0.5, 0.6) is 17.4 Å². The van der Waals surface area contributed by atoms with E-state index in [1.165, 1.54) is 10.9 Å². The quantitative estimate of drug-likeness (QED) is 0.284. The van der Waals surface area contributed by atoms with Crippen molar-refractivity contribution in [1.82, 2.24) is 14.5 Å². The molecule has 0 fully saturated rings. The topological polar surface area (TPSA) is 60.2 Å². The third kappa shape index (κ3) is 3.73. The summed E-state index contributed by atoms with van der Waals surface area (Å²) in [5, 5.41) is 13.4. The van der Waals surface area contributed by atoms with Gasteiger partial charge in [-0.05, 0) is 66.4 Å². The van der Waals surface area contributed by atoms with Crippen LogP contribution >= 0.6 is 0 Å². The van der Waals surface area contributed by atoms with E-state index in [9.17, 15) is 5.11 Å². The van der Waals surface area contributed by atoms with Crippen LogP contribution in [0, 0.1) is 6.92 Å². The Kier molecular flexibility index (Phi) is 4.97. The molecule has 0 amide bonds. The second-order valence-electron chi connectivity index (χ2n) is 10.2. The first kappa shape index (κ1) is 22.1. The lowest BCUT2D eigenvalue weighted by molar-refractivity contribution is 0.460. The van der Waals surface area contributed by atoms with Crippen molar-refractivity contribution in [3.8, 4) is 23.2 Å². The van der Waals surface area contributed by atoms with Crippen LogP contribution in [0.3, 0.4) is 0 Å². The first-order chi connectivity index (χ1) is 17.3. The van der Waals surface area contributed by atoms with Crippen LogP contribution in [0.4, 0.5) is 0 Å². The fourth-order valence-corrected chi connectivity index (χ4v) is 4.72. The molecule has 1 N–H and O–H groups in total. The number of aromatic nitrogens is 3. The fourth-order valence-electron chi connectivity index (χ4n) is 4.72. The summed E-state index contributed by atoms with van der Waals surface area (Å²) in [4.78, 5) is 9.36. The Balaban J connectivity index is 1.54. The van der Waals surface area contributed by atoms with Crippen molar-refractivity contribution in [2.45, 2.75) is 33.1 Å². The molecule has 0 spiro atoms. The first-order valence-electron chi connectivity index (χ1n) is 12.1. The number of phenolic OH excluding ortho intramolecular Hbond substituents is 1. The summed E-state index contributed by atoms with van der Waals surface area (Å²) in [6.07, 6.45) is 0. The highest BCUT2D eigenvalue weighted by Crippen LogP contribution is 2.37. The van der Waals surface area contributed by atoms with Gasteiger partial charge in [0.15, 0.2) is 0 Å². The van der Waals surface area contributed by atoms with Gasteiger partial charge in [0, 0.05) is 34.0 Å². The second-order valence-corrected chi connectivity index (χ2v) is 10.2. The molecule has 0 bridgehead atoms. The molecule has 0 saturated carbocycles. The molecular formula is C31H27N3O2. The zero-order valence-electron chi connectivity index (χ0n) is 20.8. The summed E-state index contributed by atoms with van der Waals surface area (Å²) in [7, 11) is 0. The summed E-state index contributed by atoms with van der Waals surface area (Å²) < 4.78 is 8.37. The maximum Gasteiger partial charge on any atom is 0.219 e. The predicted octanol–water partition coefficient (Wildman–Crippen LogP) is 7.83. The number of benzene rings is 3. The van der Waals surface area contributed by atoms with Gasteiger partial charge in [0.25, 0.3) is 0 Å². The Bertz CT molecular complexity index is 1780. The van der Waals surface area contributed by atoms with Crippen molar-refractivity contribution >= 4 is 32.7 Å². The van der Waals surface area contributed by atoms with Crippen LogP contribution in [0.25, 0.3) is 38.5 Å². The third-order valence-electron chi connectivity index (χ3n) is 6.60. The smallest absolute Gasteiger partial charge is 0.219 e. The van der Waals surface area contributed by atoms with Gasteiger partial charge < -0.3 is 9.84 Å². The maximum atomic E-state index is 10.2. The van der Waals surface area contributed by atoms with Crippen LogP contribution in [-0.4, -0.2) is 19.6 Å². The highest BCUT2D eigenvalue weighted by molar-refractivity contribution is 6.09. The molecule has 3 aromatic carbocycles. The molecule has 3 aromatic heterocycles. The minimum absolute atomic E-state index is 0.0422. The normalized spacial score (nSPS) is 12.0. The van der Waals surface area contributed by atoms with E-state index >= 15 is 0 Å². The van der Waals surface area contributed by atoms with Gasteiger partial charge in [-0.15, -0.1) is 0 Å². The standard InChI is InChI=1S/C31H27N3O2/c1-19-7-5-10-28(32-19)34-25-15-12-21(31(2,3)4)17-24(25)23-14-13-22(18-26(23)34)36-29-16-11-20-8-6-9-27(35)30(20)33-29/h5-18,35H,1-4H3. The molecule has 36 heavy (non-hydrogen) atoms. The Labute approximate surface area is 209 Å². The van der Waals surface area contributed by atoms with Gasteiger partial charge in [-0.25, -0.2) is 9.97 Å². The number of aromatic hydroxyl groups is 1. The van der Waals surface area contributed by atoms with Crippen molar-refractivity contribution in [3.63, 3.8) is 0 Å². The summed E-state index contributed by atoms with van der Waals surface area (Å²) in [5.41, 5.74) is 4.91. The largest absolute Gasteiger partial charge is 0.506 e. The molecule has 0 aliphatic heterocycles. The SMILES string of the molecule is Cc1cccc(-n2c3ccc(C(C)(C)C)cc3c3ccc(Oc4ccc5cccc(O)c5n4)cc32)n1. The van der Waals surface area contributed by atoms with E-state index in [4.69, 9.17) is 9.72 Å². The summed E-state index contributed by atoms with van der Waals surface area (Å²) in [6, 6.07) is 27.9. The minimum atomic E-state index is 0.0422. The second kappa shape index (κ2) is 8.09. The maximum absolute atomic E-state index is 10.2. The van der Waals surface area contributed by atoms with Crippen LogP contribution in [0.2, 0.25) is 0 Å². The van der Waals surface area contributed by atoms with Gasteiger partial charge in [-0.2, -0.15) is 0 Å². The zero-order valence-corrected chi connectivity index (χ0v) is 20.8. The molecule has 0 saturated heterocycles. The first-order valence-corrected chi connectivity index (χ1v) is 12.1. The molecule has 0 radical (unpaired) electrons. The average molecular weight is 474 g/mol. The van der Waals surface area contributed by atoms with Gasteiger partial charge in [0.1, 0.15) is 22.8 Å². The zero-order chi connectivity index (χ0) is 25.0. The van der Waals surface area contributed by atoms with Gasteiger partial charge in [-0.3, -0.25) is 4.57 Å². The Hall–Kier alpha value is -4.38. The number of nitrogens with zero attached hydrogens (tertiary/aromatic N) is 3. The number of hydrogen-bond donors (Lipinski definition) is 1. The van der Waals surface area contributed by atoms with Crippen molar-refractivity contribution in [2.75, 3.05) is 0 Å². The number of rotatable bonds is 3. The highest BCUT2D eigenvalue weighted by atomic mass is 16.5. The van der Waals surface area contributed by atoms with Crippen LogP contribution in [0.15, 0.2) is 84.9 Å². The lowest BCUT2D eigenvalue weighted by Crippen LogP contribution is -2.10. The van der Waals surface area contributed by atoms with E-state index in [0.717, 1.165) is 33.3 Å². The summed E-state index contributed by atoms with van der Waals surface area (Å²) in [5.74, 6) is 2.09. The van der Waals surface area contributed by atoms with Gasteiger partial charge in [0.05, 0.1) is 11.0 Å². The molecule has 5 heteroatoms. The number of ether oxygens (including phenoxy) is 1. The minimum Gasteiger partial charge on any atom is -0.506 e. The van der Waals surface area contributed by atoms with Crippen molar-refractivity contribution in [3.05, 3.63) is 96.2 Å². The van der Waals surface area contributed by atoms with E-state index in [1.807, 2.05) is 55.5 Å². The number of fused-ring (bicyclic) bond motifs is 4. The van der Waals surface area contributed by atoms with E-state index in [-0.39, 0.29) is 11.2 Å². The van der Waals surface area contributed by atoms with Crippen LogP contribution in [-0.2, 0) is 5.41 Å². The highest BCUT2D eigenvalue weighted by Gasteiger charge is 2.19. The van der Waals surface area contributed by atoms with E-state index < -0.39 is 0 Å². The van der Waals surface area contributed by atoms with Crippen LogP contribution in [0.1, 0.15) is 32.0 Å². The Morgan fingerprint density at radius 3 is 2.42 bits per heavy atom. The number of para-hydroxylation sites is 1. The number of hydrogen-bond acceptors (Lipinski definition) is 4. The van der Waals surface area contributed by atoms with Gasteiger partial charge >= 0.3 is 0 Å².